The van der Waals surface area contributed by atoms with E-state index in [4.69, 9.17) is 4.74 Å². The highest BCUT2D eigenvalue weighted by molar-refractivity contribution is 7.20. The summed E-state index contributed by atoms with van der Waals surface area (Å²) >= 11 is 1.52. The zero-order chi connectivity index (χ0) is 17.4. The van der Waals surface area contributed by atoms with Gasteiger partial charge in [0.2, 0.25) is 0 Å². The van der Waals surface area contributed by atoms with Crippen LogP contribution in [0.4, 0.5) is 0 Å². The fourth-order valence-electron chi connectivity index (χ4n) is 2.75. The molecule has 0 N–H and O–H groups in total. The number of ketones is 1. The fraction of sp³-hybridized carbons (Fsp3) is 0.211. The second-order valence-corrected chi connectivity index (χ2v) is 7.02. The topological polar surface area (TPSA) is 59.5 Å². The molecule has 0 saturated carbocycles. The van der Waals surface area contributed by atoms with Crippen molar-refractivity contribution >= 4 is 33.2 Å². The molecule has 0 spiro atoms. The predicted molar refractivity (Wildman–Crippen MR) is 96.4 cm³/mol. The van der Waals surface area contributed by atoms with Crippen molar-refractivity contribution in [1.29, 1.82) is 0 Å². The van der Waals surface area contributed by atoms with E-state index in [-0.39, 0.29) is 17.8 Å². The molecule has 1 saturated heterocycles. The van der Waals surface area contributed by atoms with Crippen molar-refractivity contribution in [2.24, 2.45) is 0 Å². The Bertz CT molecular complexity index is 910. The summed E-state index contributed by atoms with van der Waals surface area (Å²) in [6.07, 6.45) is -0.0268. The first-order chi connectivity index (χ1) is 12.1. The Hall–Kier alpha value is -2.73. The molecule has 0 unspecified atom stereocenters. The number of carbonyl (C=O) groups excluding carboxylic acids is 2. The molecule has 126 valence electrons. The average Bonchev–Trinajstić information content (AvgIpc) is 3.00. The summed E-state index contributed by atoms with van der Waals surface area (Å²) in [4.78, 5) is 29.9. The highest BCUT2D eigenvalue weighted by Gasteiger charge is 2.33. The average molecular weight is 352 g/mol. The highest BCUT2D eigenvalue weighted by Crippen LogP contribution is 2.29. The quantitative estimate of drug-likeness (QED) is 0.675. The van der Waals surface area contributed by atoms with Gasteiger partial charge in [-0.3, -0.25) is 9.59 Å². The molecule has 0 atom stereocenters. The molecule has 4 rings (SSSR count). The molecule has 2 heterocycles. The Balaban J connectivity index is 1.36. The largest absolute Gasteiger partial charge is 0.463 e. The van der Waals surface area contributed by atoms with E-state index in [1.807, 2.05) is 24.3 Å². The molecule has 2 aromatic carbocycles. The van der Waals surface area contributed by atoms with Gasteiger partial charge in [0, 0.05) is 11.1 Å². The second-order valence-electron chi connectivity index (χ2n) is 6.03. The van der Waals surface area contributed by atoms with Gasteiger partial charge in [0.15, 0.2) is 5.78 Å². The number of fused-ring (bicyclic) bond motifs is 1. The molecule has 1 aliphatic rings. The predicted octanol–water partition coefficient (Wildman–Crippen LogP) is 3.40. The van der Waals surface area contributed by atoms with E-state index in [2.05, 4.69) is 4.98 Å². The highest BCUT2D eigenvalue weighted by atomic mass is 32.1. The molecular formula is C19H16N2O3S. The second kappa shape index (κ2) is 6.29. The molecule has 1 aliphatic heterocycles. The summed E-state index contributed by atoms with van der Waals surface area (Å²) in [6.45, 7) is 2.60. The molecule has 6 heteroatoms. The van der Waals surface area contributed by atoms with Crippen LogP contribution < -0.4 is 4.74 Å². The summed E-state index contributed by atoms with van der Waals surface area (Å²) in [6, 6.07) is 14.7. The maximum absolute atomic E-state index is 12.4. The molecule has 0 radical (unpaired) electrons. The summed E-state index contributed by atoms with van der Waals surface area (Å²) in [5, 5.41) is 0.643. The van der Waals surface area contributed by atoms with Gasteiger partial charge in [-0.1, -0.05) is 35.6 Å². The van der Waals surface area contributed by atoms with E-state index in [0.29, 0.717) is 29.4 Å². The maximum Gasteiger partial charge on any atom is 0.274 e. The standard InChI is InChI=1S/C19H16N2O3S/c1-12(22)13-6-8-14(9-7-13)18(23)21-10-15(11-21)24-19-20-16-4-2-3-5-17(16)25-19/h2-9,15H,10-11H2,1H3. The lowest BCUT2D eigenvalue weighted by atomic mass is 10.1. The number of aromatic nitrogens is 1. The lowest BCUT2D eigenvalue weighted by molar-refractivity contribution is 0.0178. The van der Waals surface area contributed by atoms with Crippen molar-refractivity contribution in [2.45, 2.75) is 13.0 Å². The van der Waals surface area contributed by atoms with Crippen molar-refractivity contribution in [3.63, 3.8) is 0 Å². The van der Waals surface area contributed by atoms with E-state index in [0.717, 1.165) is 10.2 Å². The Morgan fingerprint density at radius 1 is 1.08 bits per heavy atom. The Morgan fingerprint density at radius 2 is 1.76 bits per heavy atom. The summed E-state index contributed by atoms with van der Waals surface area (Å²) < 4.78 is 6.96. The lowest BCUT2D eigenvalue weighted by Gasteiger charge is -2.38. The molecule has 0 aliphatic carbocycles. The van der Waals surface area contributed by atoms with Crippen molar-refractivity contribution < 1.29 is 14.3 Å². The number of nitrogens with zero attached hydrogens (tertiary/aromatic N) is 2. The monoisotopic (exact) mass is 352 g/mol. The fourth-order valence-corrected chi connectivity index (χ4v) is 3.63. The van der Waals surface area contributed by atoms with Gasteiger partial charge in [0.1, 0.15) is 6.10 Å². The SMILES string of the molecule is CC(=O)c1ccc(C(=O)N2CC(Oc3nc4ccccc4s3)C2)cc1. The zero-order valence-corrected chi connectivity index (χ0v) is 14.5. The number of Topliss-reactive ketones (excluding diaryl/α,β-unsaturated/α-hetero) is 1. The molecule has 3 aromatic rings. The van der Waals surface area contributed by atoms with Gasteiger partial charge in [-0.15, -0.1) is 0 Å². The normalized spacial score (nSPS) is 14.4. The first-order valence-corrected chi connectivity index (χ1v) is 8.84. The number of likely N-dealkylation sites (tertiary alicyclic amines) is 1. The van der Waals surface area contributed by atoms with Gasteiger partial charge >= 0.3 is 0 Å². The Kier molecular flexibility index (Phi) is 3.97. The van der Waals surface area contributed by atoms with Crippen LogP contribution in [0, 0.1) is 0 Å². The van der Waals surface area contributed by atoms with E-state index >= 15 is 0 Å². The van der Waals surface area contributed by atoms with Crippen LogP contribution in [-0.2, 0) is 0 Å². The third kappa shape index (κ3) is 3.13. The van der Waals surface area contributed by atoms with Gasteiger partial charge in [0.25, 0.3) is 11.1 Å². The van der Waals surface area contributed by atoms with Gasteiger partial charge in [-0.25, -0.2) is 4.98 Å². The van der Waals surface area contributed by atoms with E-state index < -0.39 is 0 Å². The van der Waals surface area contributed by atoms with Crippen LogP contribution in [-0.4, -0.2) is 40.8 Å². The number of amides is 1. The zero-order valence-electron chi connectivity index (χ0n) is 13.6. The Labute approximate surface area is 148 Å². The van der Waals surface area contributed by atoms with Crippen LogP contribution in [0.25, 0.3) is 10.2 Å². The first-order valence-electron chi connectivity index (χ1n) is 8.02. The molecule has 0 bridgehead atoms. The van der Waals surface area contributed by atoms with Crippen LogP contribution in [0.1, 0.15) is 27.6 Å². The van der Waals surface area contributed by atoms with Crippen molar-refractivity contribution in [1.82, 2.24) is 9.88 Å². The molecule has 1 fully saturated rings. The third-order valence-corrected chi connectivity index (χ3v) is 5.14. The Morgan fingerprint density at radius 3 is 2.44 bits per heavy atom. The minimum atomic E-state index is -0.0424. The number of thiazole rings is 1. The number of para-hydroxylation sites is 1. The molecule has 1 amide bonds. The van der Waals surface area contributed by atoms with Gasteiger partial charge < -0.3 is 9.64 Å². The van der Waals surface area contributed by atoms with Crippen molar-refractivity contribution in [3.05, 3.63) is 59.7 Å². The minimum absolute atomic E-state index is 0.00718. The first kappa shape index (κ1) is 15.8. The number of hydrogen-bond donors (Lipinski definition) is 0. The third-order valence-electron chi connectivity index (χ3n) is 4.22. The summed E-state index contributed by atoms with van der Waals surface area (Å²) in [5.41, 5.74) is 2.13. The summed E-state index contributed by atoms with van der Waals surface area (Å²) in [5.74, 6) is -0.0495. The number of carbonyl (C=O) groups is 2. The maximum atomic E-state index is 12.4. The molecule has 1 aromatic heterocycles. The van der Waals surface area contributed by atoms with Gasteiger partial charge in [-0.05, 0) is 31.2 Å². The van der Waals surface area contributed by atoms with Crippen molar-refractivity contribution in [3.8, 4) is 5.19 Å². The number of rotatable bonds is 4. The number of hydrogen-bond acceptors (Lipinski definition) is 5. The molecule has 25 heavy (non-hydrogen) atoms. The van der Waals surface area contributed by atoms with Crippen LogP contribution in [0.3, 0.4) is 0 Å². The minimum Gasteiger partial charge on any atom is -0.463 e. The lowest BCUT2D eigenvalue weighted by Crippen LogP contribution is -2.56. The van der Waals surface area contributed by atoms with E-state index in [9.17, 15) is 9.59 Å². The van der Waals surface area contributed by atoms with Crippen LogP contribution in [0.15, 0.2) is 48.5 Å². The van der Waals surface area contributed by atoms with E-state index in [1.54, 1.807) is 29.2 Å². The van der Waals surface area contributed by atoms with Gasteiger partial charge in [0.05, 0.1) is 23.3 Å². The van der Waals surface area contributed by atoms with Crippen LogP contribution in [0.2, 0.25) is 0 Å². The van der Waals surface area contributed by atoms with E-state index in [1.165, 1.54) is 18.3 Å². The molecule has 5 nitrogen and oxygen atoms in total. The summed E-state index contributed by atoms with van der Waals surface area (Å²) in [7, 11) is 0. The molecular weight excluding hydrogens is 336 g/mol. The smallest absolute Gasteiger partial charge is 0.274 e. The number of ether oxygens (including phenoxy) is 1. The van der Waals surface area contributed by atoms with Gasteiger partial charge in [-0.2, -0.15) is 0 Å². The van der Waals surface area contributed by atoms with Crippen LogP contribution in [0.5, 0.6) is 5.19 Å². The van der Waals surface area contributed by atoms with Crippen molar-refractivity contribution in [2.75, 3.05) is 13.1 Å². The number of benzene rings is 2. The van der Waals surface area contributed by atoms with Crippen LogP contribution >= 0.6 is 11.3 Å².